The molecule has 1 unspecified atom stereocenters. The first-order chi connectivity index (χ1) is 13.5. The Morgan fingerprint density at radius 3 is 2.59 bits per heavy atom. The van der Waals surface area contributed by atoms with Crippen LogP contribution in [0, 0.1) is 6.92 Å². The second-order valence-corrected chi connectivity index (χ2v) is 7.41. The molecule has 2 aromatic rings. The predicted molar refractivity (Wildman–Crippen MR) is 113 cm³/mol. The molecule has 29 heavy (non-hydrogen) atoms. The molecule has 2 heterocycles. The maximum absolute atomic E-state index is 12.5. The fourth-order valence-corrected chi connectivity index (χ4v) is 3.38. The quantitative estimate of drug-likeness (QED) is 0.631. The number of piperidine rings is 1. The highest BCUT2D eigenvalue weighted by Crippen LogP contribution is 2.21. The van der Waals surface area contributed by atoms with Gasteiger partial charge in [0.2, 0.25) is 0 Å². The number of hydrogen-bond donors (Lipinski definition) is 3. The lowest BCUT2D eigenvalue weighted by Gasteiger charge is -2.23. The van der Waals surface area contributed by atoms with Gasteiger partial charge in [-0.15, -0.1) is 17.5 Å². The largest absolute Gasteiger partial charge is 0.491 e. The van der Waals surface area contributed by atoms with Gasteiger partial charge < -0.3 is 20.5 Å². The van der Waals surface area contributed by atoms with Gasteiger partial charge in [-0.2, -0.15) is 0 Å². The smallest absolute Gasteiger partial charge is 0.273 e. The van der Waals surface area contributed by atoms with Gasteiger partial charge in [0.05, 0.1) is 23.9 Å². The van der Waals surface area contributed by atoms with Crippen LogP contribution in [-0.4, -0.2) is 51.7 Å². The number of nitrogens with one attached hydrogen (secondary N) is 2. The van der Waals surface area contributed by atoms with Crippen molar-refractivity contribution in [1.82, 2.24) is 25.6 Å². The molecule has 1 saturated heterocycles. The number of rotatable bonds is 7. The normalized spacial score (nSPS) is 15.6. The molecular weight excluding hydrogens is 394 g/mol. The van der Waals surface area contributed by atoms with E-state index in [9.17, 15) is 9.90 Å². The molecule has 0 spiro atoms. The molecule has 8 nitrogen and oxygen atoms in total. The average Bonchev–Trinajstić information content (AvgIpc) is 3.08. The van der Waals surface area contributed by atoms with Gasteiger partial charge in [0.1, 0.15) is 5.75 Å². The number of carbonyl (C=O) groups excluding carboxylic acids is 1. The maximum atomic E-state index is 12.5. The Bertz CT molecular complexity index is 788. The van der Waals surface area contributed by atoms with Crippen LogP contribution in [0.25, 0.3) is 0 Å². The maximum Gasteiger partial charge on any atom is 0.273 e. The van der Waals surface area contributed by atoms with Crippen molar-refractivity contribution < 1.29 is 14.6 Å². The van der Waals surface area contributed by atoms with E-state index in [4.69, 9.17) is 4.74 Å². The summed E-state index contributed by atoms with van der Waals surface area (Å²) >= 11 is 0. The molecule has 160 valence electrons. The van der Waals surface area contributed by atoms with E-state index in [1.54, 1.807) is 12.1 Å². The van der Waals surface area contributed by atoms with Crippen LogP contribution in [0.1, 0.15) is 60.6 Å². The highest BCUT2D eigenvalue weighted by atomic mass is 35.5. The summed E-state index contributed by atoms with van der Waals surface area (Å²) in [5.74, 6) is 0.427. The van der Waals surface area contributed by atoms with Crippen molar-refractivity contribution >= 4 is 18.3 Å². The third kappa shape index (κ3) is 5.91. The number of aliphatic hydroxyl groups excluding tert-OH is 1. The van der Waals surface area contributed by atoms with Crippen molar-refractivity contribution in [3.63, 3.8) is 0 Å². The third-order valence-electron chi connectivity index (χ3n) is 4.89. The molecule has 3 N–H and O–H groups in total. The minimum absolute atomic E-state index is 0. The molecule has 1 aromatic carbocycles. The molecule has 1 aromatic heterocycles. The van der Waals surface area contributed by atoms with E-state index in [2.05, 4.69) is 20.9 Å². The molecule has 1 fully saturated rings. The lowest BCUT2D eigenvalue weighted by atomic mass is 10.1. The number of carbonyl (C=O) groups is 1. The van der Waals surface area contributed by atoms with Gasteiger partial charge in [-0.3, -0.25) is 4.79 Å². The van der Waals surface area contributed by atoms with Crippen molar-refractivity contribution in [3.05, 3.63) is 41.2 Å². The number of ether oxygens (including phenoxy) is 1. The van der Waals surface area contributed by atoms with Crippen molar-refractivity contribution in [2.75, 3.05) is 19.6 Å². The van der Waals surface area contributed by atoms with E-state index in [0.717, 1.165) is 37.4 Å². The van der Waals surface area contributed by atoms with Gasteiger partial charge in [0.25, 0.3) is 5.91 Å². The van der Waals surface area contributed by atoms with E-state index in [0.29, 0.717) is 11.3 Å². The lowest BCUT2D eigenvalue weighted by Crippen LogP contribution is -2.31. The van der Waals surface area contributed by atoms with Crippen LogP contribution in [0.5, 0.6) is 5.75 Å². The predicted octanol–water partition coefficient (Wildman–Crippen LogP) is 2.18. The Kier molecular flexibility index (Phi) is 8.43. The lowest BCUT2D eigenvalue weighted by molar-refractivity contribution is 0.0910. The Labute approximate surface area is 177 Å². The zero-order valence-corrected chi connectivity index (χ0v) is 17.9. The number of hydrogen-bond acceptors (Lipinski definition) is 6. The molecule has 0 aliphatic carbocycles. The molecule has 0 saturated carbocycles. The molecule has 1 atom stereocenters. The summed E-state index contributed by atoms with van der Waals surface area (Å²) in [5.41, 5.74) is 1.78. The van der Waals surface area contributed by atoms with E-state index in [-0.39, 0.29) is 37.0 Å². The van der Waals surface area contributed by atoms with E-state index in [1.165, 1.54) is 0 Å². The summed E-state index contributed by atoms with van der Waals surface area (Å²) in [6.45, 7) is 7.77. The fourth-order valence-electron chi connectivity index (χ4n) is 3.38. The zero-order chi connectivity index (χ0) is 20.1. The number of amides is 1. The molecule has 1 aliphatic rings. The minimum Gasteiger partial charge on any atom is -0.491 e. The first-order valence-corrected chi connectivity index (χ1v) is 9.81. The van der Waals surface area contributed by atoms with E-state index in [1.807, 2.05) is 37.6 Å². The van der Waals surface area contributed by atoms with Crippen LogP contribution in [0.2, 0.25) is 0 Å². The average molecular weight is 424 g/mol. The standard InChI is InChI=1S/C20H29N5O3.ClH/c1-13(2)28-17-6-4-15(5-7-17)18(26)12-22-20(27)19-14(3)25(24-23-19)16-8-10-21-11-9-16;/h4-7,13,16,18,21,26H,8-12H2,1-3H3,(H,22,27);1H. The Balaban J connectivity index is 0.00000300. The molecule has 1 aliphatic heterocycles. The Morgan fingerprint density at radius 1 is 1.31 bits per heavy atom. The van der Waals surface area contributed by atoms with Crippen LogP contribution in [-0.2, 0) is 0 Å². The highest BCUT2D eigenvalue weighted by Gasteiger charge is 2.23. The summed E-state index contributed by atoms with van der Waals surface area (Å²) in [6.07, 6.45) is 1.23. The van der Waals surface area contributed by atoms with E-state index >= 15 is 0 Å². The molecule has 9 heteroatoms. The topological polar surface area (TPSA) is 101 Å². The molecule has 0 radical (unpaired) electrons. The Hall–Kier alpha value is -2.16. The van der Waals surface area contributed by atoms with Gasteiger partial charge >= 0.3 is 0 Å². The fraction of sp³-hybridized carbons (Fsp3) is 0.550. The SMILES string of the molecule is Cc1c(C(=O)NCC(O)c2ccc(OC(C)C)cc2)nnn1C1CCNCC1.Cl. The molecule has 0 bridgehead atoms. The van der Waals surface area contributed by atoms with Gasteiger partial charge in [0.15, 0.2) is 5.69 Å². The molecule has 3 rings (SSSR count). The Morgan fingerprint density at radius 2 is 1.97 bits per heavy atom. The summed E-state index contributed by atoms with van der Waals surface area (Å²) in [5, 5.41) is 24.7. The third-order valence-corrected chi connectivity index (χ3v) is 4.89. The number of aromatic nitrogens is 3. The second-order valence-electron chi connectivity index (χ2n) is 7.41. The van der Waals surface area contributed by atoms with Gasteiger partial charge in [0, 0.05) is 6.54 Å². The first-order valence-electron chi connectivity index (χ1n) is 9.81. The highest BCUT2D eigenvalue weighted by molar-refractivity contribution is 5.93. The summed E-state index contributed by atoms with van der Waals surface area (Å²) < 4.78 is 7.44. The van der Waals surface area contributed by atoms with Crippen molar-refractivity contribution in [2.45, 2.75) is 51.9 Å². The van der Waals surface area contributed by atoms with Crippen molar-refractivity contribution in [1.29, 1.82) is 0 Å². The second kappa shape index (κ2) is 10.6. The monoisotopic (exact) mass is 423 g/mol. The summed E-state index contributed by atoms with van der Waals surface area (Å²) in [4.78, 5) is 12.5. The van der Waals surface area contributed by atoms with Crippen molar-refractivity contribution in [3.8, 4) is 5.75 Å². The van der Waals surface area contributed by atoms with Gasteiger partial charge in [-0.25, -0.2) is 4.68 Å². The van der Waals surface area contributed by atoms with E-state index < -0.39 is 6.10 Å². The minimum atomic E-state index is -0.809. The van der Waals surface area contributed by atoms with Crippen LogP contribution in [0.15, 0.2) is 24.3 Å². The number of halogens is 1. The summed E-state index contributed by atoms with van der Waals surface area (Å²) in [6, 6.07) is 7.50. The zero-order valence-electron chi connectivity index (χ0n) is 17.1. The van der Waals surface area contributed by atoms with Gasteiger partial charge in [-0.1, -0.05) is 17.3 Å². The van der Waals surface area contributed by atoms with Crippen molar-refractivity contribution in [2.24, 2.45) is 0 Å². The van der Waals surface area contributed by atoms with Crippen LogP contribution >= 0.6 is 12.4 Å². The van der Waals surface area contributed by atoms with Crippen LogP contribution in [0.3, 0.4) is 0 Å². The molecular formula is C20H30ClN5O3. The van der Waals surface area contributed by atoms with Gasteiger partial charge in [-0.05, 0) is 64.4 Å². The number of aliphatic hydroxyl groups is 1. The van der Waals surface area contributed by atoms with Crippen LogP contribution in [0.4, 0.5) is 0 Å². The number of nitrogens with zero attached hydrogens (tertiary/aromatic N) is 3. The summed E-state index contributed by atoms with van der Waals surface area (Å²) in [7, 11) is 0. The van der Waals surface area contributed by atoms with Crippen LogP contribution < -0.4 is 15.4 Å². The number of benzene rings is 1. The first kappa shape index (κ1) is 23.1. The molecule has 1 amide bonds.